The van der Waals surface area contributed by atoms with Crippen LogP contribution in [0, 0.1) is 11.8 Å². The monoisotopic (exact) mass is 420 g/mol. The molecule has 3 heterocycles. The van der Waals surface area contributed by atoms with E-state index in [9.17, 15) is 4.79 Å². The van der Waals surface area contributed by atoms with Crippen LogP contribution in [0.5, 0.6) is 5.75 Å². The summed E-state index contributed by atoms with van der Waals surface area (Å²) in [7, 11) is 1.65. The van der Waals surface area contributed by atoms with Crippen LogP contribution in [0.25, 0.3) is 11.3 Å². The summed E-state index contributed by atoms with van der Waals surface area (Å²) < 4.78 is 10.8. The summed E-state index contributed by atoms with van der Waals surface area (Å²) in [6, 6.07) is 13.6. The Hall–Kier alpha value is -3.19. The van der Waals surface area contributed by atoms with Gasteiger partial charge >= 0.3 is 0 Å². The standard InChI is InChI=1S/C24H28N4O3/c1-30-22-6-4-18(5-7-22)23-13-21(28-31-23)11-20-16-26-10-8-19(20)12-24(29)27-15-17-3-2-9-25-14-17/h2-7,9,13-14,19-20,26H,8,10-12,15-16H2,1H3,(H,27,29)/t19-,20-/m0/s1. The second-order valence-corrected chi connectivity index (χ2v) is 7.97. The molecule has 7 heteroatoms. The minimum atomic E-state index is 0.0832. The van der Waals surface area contributed by atoms with Gasteiger partial charge in [-0.3, -0.25) is 9.78 Å². The van der Waals surface area contributed by atoms with Gasteiger partial charge in [-0.2, -0.15) is 0 Å². The topological polar surface area (TPSA) is 89.3 Å². The smallest absolute Gasteiger partial charge is 0.220 e. The Morgan fingerprint density at radius 2 is 2.13 bits per heavy atom. The fourth-order valence-corrected chi connectivity index (χ4v) is 4.07. The third kappa shape index (κ3) is 5.70. The average Bonchev–Trinajstić information content (AvgIpc) is 3.28. The van der Waals surface area contributed by atoms with Crippen molar-refractivity contribution < 1.29 is 14.1 Å². The predicted molar refractivity (Wildman–Crippen MR) is 117 cm³/mol. The van der Waals surface area contributed by atoms with Gasteiger partial charge in [-0.05, 0) is 73.7 Å². The molecule has 3 aromatic rings. The van der Waals surface area contributed by atoms with Crippen LogP contribution >= 0.6 is 0 Å². The number of hydrogen-bond donors (Lipinski definition) is 2. The Morgan fingerprint density at radius 1 is 1.26 bits per heavy atom. The van der Waals surface area contributed by atoms with Crippen LogP contribution in [-0.2, 0) is 17.8 Å². The van der Waals surface area contributed by atoms with E-state index in [0.717, 1.165) is 54.3 Å². The van der Waals surface area contributed by atoms with E-state index in [0.29, 0.717) is 24.8 Å². The van der Waals surface area contributed by atoms with Gasteiger partial charge in [-0.1, -0.05) is 11.2 Å². The third-order valence-corrected chi connectivity index (χ3v) is 5.83. The summed E-state index contributed by atoms with van der Waals surface area (Å²) >= 11 is 0. The number of hydrogen-bond acceptors (Lipinski definition) is 6. The number of benzene rings is 1. The van der Waals surface area contributed by atoms with Crippen molar-refractivity contribution in [2.75, 3.05) is 20.2 Å². The molecule has 1 fully saturated rings. The number of amides is 1. The largest absolute Gasteiger partial charge is 0.497 e. The van der Waals surface area contributed by atoms with Crippen molar-refractivity contribution >= 4 is 5.91 Å². The van der Waals surface area contributed by atoms with Crippen molar-refractivity contribution in [1.29, 1.82) is 0 Å². The van der Waals surface area contributed by atoms with Crippen LogP contribution in [-0.4, -0.2) is 36.2 Å². The van der Waals surface area contributed by atoms with E-state index in [4.69, 9.17) is 9.26 Å². The minimum Gasteiger partial charge on any atom is -0.497 e. The summed E-state index contributed by atoms with van der Waals surface area (Å²) in [5.41, 5.74) is 2.89. The maximum absolute atomic E-state index is 12.5. The maximum Gasteiger partial charge on any atom is 0.220 e. The summed E-state index contributed by atoms with van der Waals surface area (Å²) in [6.45, 7) is 2.33. The van der Waals surface area contributed by atoms with Crippen molar-refractivity contribution in [3.8, 4) is 17.1 Å². The number of rotatable bonds is 8. The molecule has 2 atom stereocenters. The lowest BCUT2D eigenvalue weighted by Crippen LogP contribution is -2.40. The van der Waals surface area contributed by atoms with E-state index in [1.165, 1.54) is 0 Å². The SMILES string of the molecule is COc1ccc(-c2cc(C[C@H]3CNCC[C@H]3CC(=O)NCc3cccnc3)no2)cc1. The van der Waals surface area contributed by atoms with Crippen molar-refractivity contribution in [3.05, 3.63) is 66.1 Å². The average molecular weight is 421 g/mol. The van der Waals surface area contributed by atoms with Gasteiger partial charge in [0.25, 0.3) is 0 Å². The molecule has 1 saturated heterocycles. The zero-order chi connectivity index (χ0) is 21.5. The second-order valence-electron chi connectivity index (χ2n) is 7.97. The summed E-state index contributed by atoms with van der Waals surface area (Å²) in [4.78, 5) is 16.6. The molecule has 0 saturated carbocycles. The van der Waals surface area contributed by atoms with Crippen molar-refractivity contribution in [3.63, 3.8) is 0 Å². The van der Waals surface area contributed by atoms with Gasteiger partial charge in [0.15, 0.2) is 5.76 Å². The van der Waals surface area contributed by atoms with Crippen LogP contribution in [0.3, 0.4) is 0 Å². The van der Waals surface area contributed by atoms with Crippen LogP contribution in [0.2, 0.25) is 0 Å². The number of piperidine rings is 1. The van der Waals surface area contributed by atoms with Crippen LogP contribution in [0.4, 0.5) is 0 Å². The third-order valence-electron chi connectivity index (χ3n) is 5.83. The fourth-order valence-electron chi connectivity index (χ4n) is 4.07. The van der Waals surface area contributed by atoms with Crippen LogP contribution in [0.1, 0.15) is 24.1 Å². The Kier molecular flexibility index (Phi) is 6.94. The first-order valence-electron chi connectivity index (χ1n) is 10.7. The normalized spacial score (nSPS) is 18.5. The Morgan fingerprint density at radius 3 is 2.90 bits per heavy atom. The number of nitrogens with one attached hydrogen (secondary N) is 2. The van der Waals surface area contributed by atoms with Crippen molar-refractivity contribution in [2.45, 2.75) is 25.8 Å². The molecule has 1 aliphatic rings. The molecule has 0 spiro atoms. The van der Waals surface area contributed by atoms with E-state index < -0.39 is 0 Å². The highest BCUT2D eigenvalue weighted by atomic mass is 16.5. The van der Waals surface area contributed by atoms with E-state index in [2.05, 4.69) is 20.8 Å². The lowest BCUT2D eigenvalue weighted by Gasteiger charge is -2.31. The molecule has 162 valence electrons. The number of nitrogens with zero attached hydrogens (tertiary/aromatic N) is 2. The van der Waals surface area contributed by atoms with Gasteiger partial charge < -0.3 is 19.9 Å². The van der Waals surface area contributed by atoms with E-state index in [-0.39, 0.29) is 5.91 Å². The first-order chi connectivity index (χ1) is 15.2. The lowest BCUT2D eigenvalue weighted by atomic mass is 9.81. The Balaban J connectivity index is 1.34. The van der Waals surface area contributed by atoms with Crippen molar-refractivity contribution in [2.24, 2.45) is 11.8 Å². The first kappa shape index (κ1) is 21.1. The maximum atomic E-state index is 12.5. The second kappa shape index (κ2) is 10.2. The Bertz CT molecular complexity index is 972. The molecule has 0 aliphatic carbocycles. The molecule has 2 aromatic heterocycles. The van der Waals surface area contributed by atoms with Gasteiger partial charge in [0, 0.05) is 37.0 Å². The minimum absolute atomic E-state index is 0.0832. The van der Waals surface area contributed by atoms with Crippen molar-refractivity contribution in [1.82, 2.24) is 20.8 Å². The zero-order valence-electron chi connectivity index (χ0n) is 17.7. The van der Waals surface area contributed by atoms with Gasteiger partial charge in [0.05, 0.1) is 12.8 Å². The number of carbonyl (C=O) groups is 1. The molecule has 0 unspecified atom stereocenters. The highest BCUT2D eigenvalue weighted by molar-refractivity contribution is 5.76. The number of pyridine rings is 1. The molecule has 1 aromatic carbocycles. The number of aromatic nitrogens is 2. The predicted octanol–water partition coefficient (Wildman–Crippen LogP) is 3.22. The number of ether oxygens (including phenoxy) is 1. The molecule has 1 aliphatic heterocycles. The summed E-state index contributed by atoms with van der Waals surface area (Å²) in [5, 5.41) is 10.8. The van der Waals surface area contributed by atoms with E-state index in [1.54, 1.807) is 19.5 Å². The van der Waals surface area contributed by atoms with E-state index >= 15 is 0 Å². The molecule has 31 heavy (non-hydrogen) atoms. The van der Waals surface area contributed by atoms with Gasteiger partial charge in [-0.15, -0.1) is 0 Å². The van der Waals surface area contributed by atoms with Crippen LogP contribution < -0.4 is 15.4 Å². The number of methoxy groups -OCH3 is 1. The molecule has 7 nitrogen and oxygen atoms in total. The highest BCUT2D eigenvalue weighted by Crippen LogP contribution is 2.28. The van der Waals surface area contributed by atoms with Gasteiger partial charge in [0.2, 0.25) is 5.91 Å². The summed E-state index contributed by atoms with van der Waals surface area (Å²) in [6.07, 6.45) is 5.80. The lowest BCUT2D eigenvalue weighted by molar-refractivity contribution is -0.122. The Labute approximate surface area is 182 Å². The quantitative estimate of drug-likeness (QED) is 0.582. The number of carbonyl (C=O) groups excluding carboxylic acids is 1. The molecule has 0 bridgehead atoms. The molecule has 1 amide bonds. The van der Waals surface area contributed by atoms with E-state index in [1.807, 2.05) is 42.5 Å². The molecule has 0 radical (unpaired) electrons. The molecule has 4 rings (SSSR count). The fraction of sp³-hybridized carbons (Fsp3) is 0.375. The molecular weight excluding hydrogens is 392 g/mol. The summed E-state index contributed by atoms with van der Waals surface area (Å²) in [5.74, 6) is 2.29. The highest BCUT2D eigenvalue weighted by Gasteiger charge is 2.28. The van der Waals surface area contributed by atoms with Crippen LogP contribution in [0.15, 0.2) is 59.4 Å². The van der Waals surface area contributed by atoms with Gasteiger partial charge in [-0.25, -0.2) is 0 Å². The molecular formula is C24H28N4O3. The molecule has 2 N–H and O–H groups in total. The first-order valence-corrected chi connectivity index (χ1v) is 10.7. The zero-order valence-corrected chi connectivity index (χ0v) is 17.7. The van der Waals surface area contributed by atoms with Gasteiger partial charge in [0.1, 0.15) is 5.75 Å².